The van der Waals surface area contributed by atoms with Crippen LogP contribution in [0.5, 0.6) is 0 Å². The first-order valence-corrected chi connectivity index (χ1v) is 11.8. The molecule has 2 saturated heterocycles. The maximum Gasteiger partial charge on any atom is 0.416 e. The van der Waals surface area contributed by atoms with Gasteiger partial charge in [0.25, 0.3) is 5.91 Å². The summed E-state index contributed by atoms with van der Waals surface area (Å²) in [5.74, 6) is -0.261. The minimum Gasteiger partial charge on any atom is -0.376 e. The molecule has 2 heterocycles. The fourth-order valence-electron chi connectivity index (χ4n) is 4.38. The third-order valence-corrected chi connectivity index (χ3v) is 6.16. The molecule has 7 nitrogen and oxygen atoms in total. The zero-order valence-corrected chi connectivity index (χ0v) is 19.3. The number of nitrogens with zero attached hydrogens (tertiary/aromatic N) is 1. The Balaban J connectivity index is 1.48. The van der Waals surface area contributed by atoms with Crippen LogP contribution in [-0.4, -0.2) is 44.3 Å². The molecule has 0 saturated carbocycles. The van der Waals surface area contributed by atoms with Gasteiger partial charge in [0.1, 0.15) is 0 Å². The minimum absolute atomic E-state index is 0.00284. The number of alkyl halides is 3. The molecule has 0 spiro atoms. The number of ether oxygens (including phenoxy) is 1. The Morgan fingerprint density at radius 2 is 1.71 bits per heavy atom. The Labute approximate surface area is 202 Å². The first-order valence-electron chi connectivity index (χ1n) is 11.8. The lowest BCUT2D eigenvalue weighted by atomic mass is 10.1. The van der Waals surface area contributed by atoms with Crippen molar-refractivity contribution in [2.75, 3.05) is 41.8 Å². The number of nitrogens with one attached hydrogen (secondary N) is 3. The molecule has 2 aromatic rings. The molecule has 2 aromatic carbocycles. The maximum absolute atomic E-state index is 13.1. The number of carbonyl (C=O) groups is 2. The van der Waals surface area contributed by atoms with Gasteiger partial charge in [0.2, 0.25) is 0 Å². The zero-order chi connectivity index (χ0) is 24.8. The number of piperidine rings is 1. The summed E-state index contributed by atoms with van der Waals surface area (Å²) in [4.78, 5) is 27.7. The van der Waals surface area contributed by atoms with Crippen molar-refractivity contribution in [2.24, 2.45) is 0 Å². The number of carbonyl (C=O) groups excluding carboxylic acids is 2. The molecule has 1 unspecified atom stereocenters. The van der Waals surface area contributed by atoms with E-state index in [0.717, 1.165) is 63.0 Å². The smallest absolute Gasteiger partial charge is 0.376 e. The van der Waals surface area contributed by atoms with Crippen LogP contribution < -0.4 is 20.9 Å². The lowest BCUT2D eigenvalue weighted by molar-refractivity contribution is -0.137. The van der Waals surface area contributed by atoms with E-state index in [1.54, 1.807) is 18.2 Å². The summed E-state index contributed by atoms with van der Waals surface area (Å²) in [5, 5.41) is 7.97. The summed E-state index contributed by atoms with van der Waals surface area (Å²) in [5.41, 5.74) is 0.737. The summed E-state index contributed by atoms with van der Waals surface area (Å²) in [6, 6.07) is 8.77. The van der Waals surface area contributed by atoms with E-state index in [0.29, 0.717) is 24.4 Å². The van der Waals surface area contributed by atoms with Gasteiger partial charge in [-0.1, -0.05) is 6.07 Å². The quantitative estimate of drug-likeness (QED) is 0.517. The van der Waals surface area contributed by atoms with Crippen LogP contribution >= 0.6 is 0 Å². The number of hydrogen-bond donors (Lipinski definition) is 3. The van der Waals surface area contributed by atoms with E-state index in [-0.39, 0.29) is 17.7 Å². The summed E-state index contributed by atoms with van der Waals surface area (Å²) < 4.78 is 44.4. The molecular formula is C25H29F3N4O3. The highest BCUT2D eigenvalue weighted by atomic mass is 19.4. The number of halogens is 3. The van der Waals surface area contributed by atoms with Gasteiger partial charge in [-0.25, -0.2) is 4.79 Å². The van der Waals surface area contributed by atoms with Gasteiger partial charge in [0.15, 0.2) is 0 Å². The molecule has 3 amide bonds. The second-order valence-corrected chi connectivity index (χ2v) is 8.78. The molecule has 35 heavy (non-hydrogen) atoms. The van der Waals surface area contributed by atoms with Gasteiger partial charge in [0, 0.05) is 43.3 Å². The van der Waals surface area contributed by atoms with Crippen molar-refractivity contribution in [3.63, 3.8) is 0 Å². The lowest BCUT2D eigenvalue weighted by Gasteiger charge is -2.30. The van der Waals surface area contributed by atoms with Crippen LogP contribution in [0.4, 0.5) is 35.0 Å². The van der Waals surface area contributed by atoms with Crippen molar-refractivity contribution in [1.29, 1.82) is 0 Å². The van der Waals surface area contributed by atoms with Crippen LogP contribution in [0.25, 0.3) is 0 Å². The largest absolute Gasteiger partial charge is 0.416 e. The Morgan fingerprint density at radius 1 is 0.971 bits per heavy atom. The summed E-state index contributed by atoms with van der Waals surface area (Å²) in [6.45, 7) is 2.79. The Kier molecular flexibility index (Phi) is 7.80. The van der Waals surface area contributed by atoms with Crippen molar-refractivity contribution in [2.45, 2.75) is 44.4 Å². The van der Waals surface area contributed by atoms with Gasteiger partial charge in [-0.2, -0.15) is 13.2 Å². The zero-order valence-electron chi connectivity index (χ0n) is 19.3. The number of benzene rings is 2. The summed E-state index contributed by atoms with van der Waals surface area (Å²) in [7, 11) is 0. The molecule has 188 valence electrons. The first kappa shape index (κ1) is 24.8. The molecule has 4 rings (SSSR count). The SMILES string of the molecule is O=C(Nc1cccc(C(F)(F)F)c1)Nc1ccc(N2CCCCC2)c(C(=O)NCC2CCCO2)c1. The van der Waals surface area contributed by atoms with Crippen LogP contribution in [0.15, 0.2) is 42.5 Å². The number of hydrogen-bond acceptors (Lipinski definition) is 4. The van der Waals surface area contributed by atoms with Crippen LogP contribution in [0, 0.1) is 0 Å². The molecule has 2 aliphatic heterocycles. The van der Waals surface area contributed by atoms with E-state index >= 15 is 0 Å². The molecule has 2 fully saturated rings. The van der Waals surface area contributed by atoms with E-state index in [9.17, 15) is 22.8 Å². The highest BCUT2D eigenvalue weighted by Crippen LogP contribution is 2.31. The van der Waals surface area contributed by atoms with Gasteiger partial charge < -0.3 is 25.6 Å². The Bertz CT molecular complexity index is 1050. The predicted molar refractivity (Wildman–Crippen MR) is 128 cm³/mol. The number of rotatable bonds is 6. The standard InChI is InChI=1S/C25H29F3N4O3/c26-25(27,28)17-6-4-7-18(14-17)30-24(34)31-19-9-10-22(32-11-2-1-3-12-32)21(15-19)23(33)29-16-20-8-5-13-35-20/h4,6-7,9-10,14-15,20H,1-3,5,8,11-13,16H2,(H,29,33)(H2,30,31,34). The molecule has 0 aliphatic carbocycles. The lowest BCUT2D eigenvalue weighted by Crippen LogP contribution is -2.35. The van der Waals surface area contributed by atoms with Crippen LogP contribution in [0.2, 0.25) is 0 Å². The highest BCUT2D eigenvalue weighted by molar-refractivity contribution is 6.04. The average molecular weight is 491 g/mol. The van der Waals surface area contributed by atoms with Gasteiger partial charge >= 0.3 is 12.2 Å². The van der Waals surface area contributed by atoms with Crippen molar-refractivity contribution in [3.8, 4) is 0 Å². The van der Waals surface area contributed by atoms with Gasteiger partial charge in [-0.15, -0.1) is 0 Å². The van der Waals surface area contributed by atoms with Gasteiger partial charge in [0.05, 0.1) is 17.2 Å². The van der Waals surface area contributed by atoms with Crippen molar-refractivity contribution < 1.29 is 27.5 Å². The second kappa shape index (κ2) is 11.0. The maximum atomic E-state index is 13.1. The van der Waals surface area contributed by atoms with E-state index in [1.165, 1.54) is 12.1 Å². The molecule has 1 atom stereocenters. The van der Waals surface area contributed by atoms with Crippen molar-refractivity contribution in [1.82, 2.24) is 5.32 Å². The highest BCUT2D eigenvalue weighted by Gasteiger charge is 2.30. The summed E-state index contributed by atoms with van der Waals surface area (Å²) in [6.07, 6.45) is 0.580. The minimum atomic E-state index is -4.51. The van der Waals surface area contributed by atoms with Crippen LogP contribution in [0.1, 0.15) is 48.0 Å². The van der Waals surface area contributed by atoms with E-state index < -0.39 is 17.8 Å². The van der Waals surface area contributed by atoms with Crippen LogP contribution in [-0.2, 0) is 10.9 Å². The normalized spacial score (nSPS) is 18.3. The average Bonchev–Trinajstić information content (AvgIpc) is 3.36. The molecule has 0 bridgehead atoms. The predicted octanol–water partition coefficient (Wildman–Crippen LogP) is 5.25. The summed E-state index contributed by atoms with van der Waals surface area (Å²) >= 11 is 0. The molecule has 10 heteroatoms. The monoisotopic (exact) mass is 490 g/mol. The van der Waals surface area contributed by atoms with E-state index in [1.807, 2.05) is 0 Å². The molecular weight excluding hydrogens is 461 g/mol. The molecule has 3 N–H and O–H groups in total. The van der Waals surface area contributed by atoms with E-state index in [4.69, 9.17) is 4.74 Å². The van der Waals surface area contributed by atoms with Crippen LogP contribution in [0.3, 0.4) is 0 Å². The molecule has 0 aromatic heterocycles. The first-order chi connectivity index (χ1) is 16.8. The number of anilines is 3. The fourth-order valence-corrected chi connectivity index (χ4v) is 4.38. The number of amides is 3. The Morgan fingerprint density at radius 3 is 2.40 bits per heavy atom. The third-order valence-electron chi connectivity index (χ3n) is 6.16. The topological polar surface area (TPSA) is 82.7 Å². The van der Waals surface area contributed by atoms with E-state index in [2.05, 4.69) is 20.9 Å². The molecule has 2 aliphatic rings. The third kappa shape index (κ3) is 6.66. The Hall–Kier alpha value is -3.27. The van der Waals surface area contributed by atoms with Gasteiger partial charge in [-0.05, 0) is 68.5 Å². The second-order valence-electron chi connectivity index (χ2n) is 8.78. The number of urea groups is 1. The van der Waals surface area contributed by atoms with Crippen molar-refractivity contribution in [3.05, 3.63) is 53.6 Å². The van der Waals surface area contributed by atoms with Crippen molar-refractivity contribution >= 4 is 29.0 Å². The fraction of sp³-hybridized carbons (Fsp3) is 0.440. The van der Waals surface area contributed by atoms with Gasteiger partial charge in [-0.3, -0.25) is 4.79 Å². The molecule has 0 radical (unpaired) electrons.